The highest BCUT2D eigenvalue weighted by atomic mass is 32.1. The van der Waals surface area contributed by atoms with E-state index in [-0.39, 0.29) is 5.11 Å². The molecule has 0 bridgehead atoms. The van der Waals surface area contributed by atoms with Crippen molar-refractivity contribution in [2.75, 3.05) is 0 Å². The fourth-order valence-electron chi connectivity index (χ4n) is 0.873. The molecule has 0 spiro atoms. The molecular weight excluding hydrogens is 206 g/mol. The predicted octanol–water partition coefficient (Wildman–Crippen LogP) is -1.60. The summed E-state index contributed by atoms with van der Waals surface area (Å²) in [6.07, 6.45) is 1.21. The molecule has 1 atom stereocenters. The number of hydrogen-bond acceptors (Lipinski definition) is 4. The average Bonchev–Trinajstić information content (AvgIpc) is 2.25. The molecule has 1 rings (SSSR count). The van der Waals surface area contributed by atoms with Crippen molar-refractivity contribution in [1.29, 1.82) is 0 Å². The Morgan fingerprint density at radius 1 is 1.71 bits per heavy atom. The molecule has 1 aliphatic heterocycles. The SMILES string of the molecule is C[C@@]1(/C=N\NC(N)=S)NC(=O)NC1=O. The Balaban J connectivity index is 2.67. The van der Waals surface area contributed by atoms with Gasteiger partial charge < -0.3 is 11.1 Å². The summed E-state index contributed by atoms with van der Waals surface area (Å²) >= 11 is 4.49. The van der Waals surface area contributed by atoms with Crippen LogP contribution in [0.1, 0.15) is 6.92 Å². The van der Waals surface area contributed by atoms with Gasteiger partial charge in [-0.1, -0.05) is 0 Å². The summed E-state index contributed by atoms with van der Waals surface area (Å²) in [6, 6.07) is -0.556. The predicted molar refractivity (Wildman–Crippen MR) is 53.5 cm³/mol. The van der Waals surface area contributed by atoms with Gasteiger partial charge in [-0.25, -0.2) is 4.79 Å². The molecular formula is C6H9N5O2S. The van der Waals surface area contributed by atoms with Gasteiger partial charge in [0.25, 0.3) is 5.91 Å². The Labute approximate surface area is 85.1 Å². The van der Waals surface area contributed by atoms with Gasteiger partial charge in [0, 0.05) is 0 Å². The number of hydrogen-bond donors (Lipinski definition) is 4. The molecule has 3 amide bonds. The van der Waals surface area contributed by atoms with Crippen LogP contribution in [0.15, 0.2) is 5.10 Å². The molecule has 0 aromatic rings. The number of carbonyl (C=O) groups excluding carboxylic acids is 2. The molecule has 0 aliphatic carbocycles. The zero-order valence-corrected chi connectivity index (χ0v) is 8.14. The van der Waals surface area contributed by atoms with E-state index in [0.29, 0.717) is 0 Å². The van der Waals surface area contributed by atoms with Crippen molar-refractivity contribution in [2.45, 2.75) is 12.5 Å². The summed E-state index contributed by atoms with van der Waals surface area (Å²) in [5, 5.41) is 8.03. The van der Waals surface area contributed by atoms with Crippen molar-refractivity contribution in [2.24, 2.45) is 10.8 Å². The molecule has 5 N–H and O–H groups in total. The highest BCUT2D eigenvalue weighted by molar-refractivity contribution is 7.80. The summed E-state index contributed by atoms with van der Waals surface area (Å²) in [5.41, 5.74) is 6.22. The number of amides is 3. The van der Waals surface area contributed by atoms with Gasteiger partial charge in [0.15, 0.2) is 10.7 Å². The van der Waals surface area contributed by atoms with E-state index in [9.17, 15) is 9.59 Å². The lowest BCUT2D eigenvalue weighted by atomic mass is 10.1. The zero-order valence-electron chi connectivity index (χ0n) is 7.33. The number of imide groups is 1. The van der Waals surface area contributed by atoms with Crippen molar-refractivity contribution < 1.29 is 9.59 Å². The van der Waals surface area contributed by atoms with Gasteiger partial charge in [-0.2, -0.15) is 5.10 Å². The monoisotopic (exact) mass is 215 g/mol. The quantitative estimate of drug-likeness (QED) is 0.192. The Kier molecular flexibility index (Phi) is 2.65. The van der Waals surface area contributed by atoms with E-state index in [1.165, 1.54) is 13.1 Å². The normalized spacial score (nSPS) is 26.1. The van der Waals surface area contributed by atoms with Gasteiger partial charge >= 0.3 is 6.03 Å². The summed E-state index contributed by atoms with van der Waals surface area (Å²) in [6.45, 7) is 1.50. The largest absolute Gasteiger partial charge is 0.375 e. The first-order valence-electron chi connectivity index (χ1n) is 3.67. The number of nitrogens with two attached hydrogens (primary N) is 1. The molecule has 76 valence electrons. The van der Waals surface area contributed by atoms with Crippen LogP contribution >= 0.6 is 12.2 Å². The molecule has 0 saturated carbocycles. The minimum absolute atomic E-state index is 0.0189. The second-order valence-electron chi connectivity index (χ2n) is 2.84. The van der Waals surface area contributed by atoms with E-state index in [4.69, 9.17) is 5.73 Å². The van der Waals surface area contributed by atoms with E-state index in [2.05, 4.69) is 33.4 Å². The van der Waals surface area contributed by atoms with Gasteiger partial charge in [0.1, 0.15) is 0 Å². The highest BCUT2D eigenvalue weighted by Crippen LogP contribution is 2.05. The van der Waals surface area contributed by atoms with Gasteiger partial charge in [-0.15, -0.1) is 0 Å². The van der Waals surface area contributed by atoms with Gasteiger partial charge in [0.2, 0.25) is 0 Å². The number of carbonyl (C=O) groups is 2. The molecule has 0 aromatic carbocycles. The summed E-state index contributed by atoms with van der Waals surface area (Å²) < 4.78 is 0. The van der Waals surface area contributed by atoms with E-state index < -0.39 is 17.5 Å². The fraction of sp³-hybridized carbons (Fsp3) is 0.333. The number of nitrogens with one attached hydrogen (secondary N) is 3. The second kappa shape index (κ2) is 3.58. The smallest absolute Gasteiger partial charge is 0.322 e. The fourth-order valence-corrected chi connectivity index (χ4v) is 0.925. The molecule has 1 fully saturated rings. The first-order chi connectivity index (χ1) is 6.44. The number of thiocarbonyl (C=S) groups is 1. The van der Waals surface area contributed by atoms with Crippen molar-refractivity contribution in [3.8, 4) is 0 Å². The van der Waals surface area contributed by atoms with Crippen molar-refractivity contribution in [1.82, 2.24) is 16.1 Å². The standard InChI is InChI=1S/C6H9N5O2S/c1-6(2-8-11-4(7)14)3(12)9-5(13)10-6/h2H,1H3,(H3,7,11,14)(H2,9,10,12,13)/b8-2-/t6-/m0/s1. The number of nitrogens with zero attached hydrogens (tertiary/aromatic N) is 1. The minimum Gasteiger partial charge on any atom is -0.375 e. The lowest BCUT2D eigenvalue weighted by Gasteiger charge is -2.13. The maximum Gasteiger partial charge on any atom is 0.322 e. The summed E-state index contributed by atoms with van der Waals surface area (Å²) in [7, 11) is 0. The molecule has 14 heavy (non-hydrogen) atoms. The molecule has 8 heteroatoms. The van der Waals surface area contributed by atoms with E-state index in [0.717, 1.165) is 0 Å². The van der Waals surface area contributed by atoms with Crippen molar-refractivity contribution in [3.63, 3.8) is 0 Å². The third kappa shape index (κ3) is 2.16. The van der Waals surface area contributed by atoms with E-state index >= 15 is 0 Å². The van der Waals surface area contributed by atoms with Crippen LogP contribution in [0.4, 0.5) is 4.79 Å². The second-order valence-corrected chi connectivity index (χ2v) is 3.28. The van der Waals surface area contributed by atoms with Crippen molar-refractivity contribution >= 4 is 35.5 Å². The average molecular weight is 215 g/mol. The number of urea groups is 1. The van der Waals surface area contributed by atoms with Crippen LogP contribution in [0, 0.1) is 0 Å². The van der Waals surface area contributed by atoms with Crippen molar-refractivity contribution in [3.05, 3.63) is 0 Å². The molecule has 0 unspecified atom stereocenters. The lowest BCUT2D eigenvalue weighted by Crippen LogP contribution is -2.46. The van der Waals surface area contributed by atoms with Crippen LogP contribution in [-0.4, -0.2) is 28.8 Å². The van der Waals surface area contributed by atoms with Gasteiger partial charge in [0.05, 0.1) is 6.21 Å². The number of rotatable bonds is 2. The van der Waals surface area contributed by atoms with Gasteiger partial charge in [-0.3, -0.25) is 15.5 Å². The van der Waals surface area contributed by atoms with Crippen LogP contribution in [0.5, 0.6) is 0 Å². The van der Waals surface area contributed by atoms with Crippen LogP contribution in [0.2, 0.25) is 0 Å². The third-order valence-electron chi connectivity index (χ3n) is 1.57. The maximum absolute atomic E-state index is 11.2. The summed E-state index contributed by atoms with van der Waals surface area (Å²) in [5.74, 6) is -0.476. The van der Waals surface area contributed by atoms with Gasteiger partial charge in [-0.05, 0) is 19.1 Å². The molecule has 1 saturated heterocycles. The lowest BCUT2D eigenvalue weighted by molar-refractivity contribution is -0.121. The molecule has 7 nitrogen and oxygen atoms in total. The molecule has 0 aromatic heterocycles. The van der Waals surface area contributed by atoms with E-state index in [1.54, 1.807) is 0 Å². The van der Waals surface area contributed by atoms with Crippen LogP contribution in [0.3, 0.4) is 0 Å². The molecule has 1 heterocycles. The summed E-state index contributed by atoms with van der Waals surface area (Å²) in [4.78, 5) is 22.0. The van der Waals surface area contributed by atoms with E-state index in [1.807, 2.05) is 0 Å². The van der Waals surface area contributed by atoms with Crippen LogP contribution in [-0.2, 0) is 4.79 Å². The minimum atomic E-state index is -1.16. The Bertz CT molecular complexity index is 328. The first kappa shape index (κ1) is 10.4. The number of hydrazone groups is 1. The Hall–Kier alpha value is -1.70. The molecule has 1 aliphatic rings. The Morgan fingerprint density at radius 2 is 2.36 bits per heavy atom. The van der Waals surface area contributed by atoms with Crippen LogP contribution < -0.4 is 21.8 Å². The topological polar surface area (TPSA) is 109 Å². The maximum atomic E-state index is 11.2. The first-order valence-corrected chi connectivity index (χ1v) is 4.08. The highest BCUT2D eigenvalue weighted by Gasteiger charge is 2.40. The molecule has 0 radical (unpaired) electrons. The van der Waals surface area contributed by atoms with Crippen LogP contribution in [0.25, 0.3) is 0 Å². The zero-order chi connectivity index (χ0) is 10.8. The third-order valence-corrected chi connectivity index (χ3v) is 1.66. The Morgan fingerprint density at radius 3 is 2.79 bits per heavy atom.